The van der Waals surface area contributed by atoms with Crippen molar-refractivity contribution in [3.8, 4) is 0 Å². The van der Waals surface area contributed by atoms with Crippen LogP contribution in [0.15, 0.2) is 42.4 Å². The molecule has 0 unspecified atom stereocenters. The third-order valence-electron chi connectivity index (χ3n) is 2.28. The number of carbonyl (C=O) groups is 1. The molecule has 1 heterocycles. The maximum Gasteiger partial charge on any atom is 0.351 e. The van der Waals surface area contributed by atoms with Crippen molar-refractivity contribution < 1.29 is 9.90 Å². The first kappa shape index (κ1) is 10.2. The van der Waals surface area contributed by atoms with Crippen LogP contribution in [0, 0.1) is 0 Å². The number of nitrogens with two attached hydrogens (primary N) is 1. The van der Waals surface area contributed by atoms with Crippen molar-refractivity contribution in [3.05, 3.63) is 47.9 Å². The van der Waals surface area contributed by atoms with Crippen LogP contribution in [0.25, 0.3) is 16.8 Å². The topological polar surface area (TPSA) is 76.2 Å². The van der Waals surface area contributed by atoms with E-state index < -0.39 is 5.97 Å². The van der Waals surface area contributed by atoms with Crippen molar-refractivity contribution in [2.75, 3.05) is 0 Å². The van der Waals surface area contributed by atoms with Gasteiger partial charge >= 0.3 is 5.97 Å². The molecule has 16 heavy (non-hydrogen) atoms. The second-order valence-electron chi connectivity index (χ2n) is 3.35. The zero-order valence-corrected chi connectivity index (χ0v) is 8.42. The van der Waals surface area contributed by atoms with Crippen LogP contribution in [0.3, 0.4) is 0 Å². The number of hydrogen-bond acceptors (Lipinski definition) is 3. The zero-order chi connectivity index (χ0) is 11.5. The Morgan fingerprint density at radius 3 is 2.94 bits per heavy atom. The molecule has 0 saturated heterocycles. The second-order valence-corrected chi connectivity index (χ2v) is 3.35. The molecule has 0 fully saturated rings. The van der Waals surface area contributed by atoms with Crippen LogP contribution in [0.1, 0.15) is 5.56 Å². The lowest BCUT2D eigenvalue weighted by Crippen LogP contribution is -2.09. The van der Waals surface area contributed by atoms with Gasteiger partial charge in [-0.2, -0.15) is 0 Å². The van der Waals surface area contributed by atoms with E-state index in [9.17, 15) is 4.79 Å². The fourth-order valence-corrected chi connectivity index (χ4v) is 1.49. The summed E-state index contributed by atoms with van der Waals surface area (Å²) < 4.78 is 0. The minimum Gasteiger partial charge on any atom is -0.477 e. The first-order valence-electron chi connectivity index (χ1n) is 4.71. The molecule has 0 spiro atoms. The molecule has 0 atom stereocenters. The van der Waals surface area contributed by atoms with Crippen LogP contribution in [-0.4, -0.2) is 16.1 Å². The Balaban J connectivity index is 2.61. The number of rotatable bonds is 2. The van der Waals surface area contributed by atoms with E-state index in [1.165, 1.54) is 6.08 Å². The SMILES string of the molecule is N/C(=C/c1cccc2ccncc12)C(=O)O. The molecular weight excluding hydrogens is 204 g/mol. The van der Waals surface area contributed by atoms with Crippen molar-refractivity contribution >= 4 is 22.8 Å². The zero-order valence-electron chi connectivity index (χ0n) is 8.42. The first-order chi connectivity index (χ1) is 7.68. The third-order valence-corrected chi connectivity index (χ3v) is 2.28. The van der Waals surface area contributed by atoms with Crippen LogP contribution >= 0.6 is 0 Å². The molecule has 0 radical (unpaired) electrons. The molecule has 0 aliphatic carbocycles. The van der Waals surface area contributed by atoms with E-state index >= 15 is 0 Å². The van der Waals surface area contributed by atoms with Gasteiger partial charge in [0.05, 0.1) is 0 Å². The summed E-state index contributed by atoms with van der Waals surface area (Å²) >= 11 is 0. The normalized spacial score (nSPS) is 11.6. The average molecular weight is 214 g/mol. The maximum absolute atomic E-state index is 10.6. The van der Waals surface area contributed by atoms with Crippen molar-refractivity contribution in [2.45, 2.75) is 0 Å². The van der Waals surface area contributed by atoms with Crippen LogP contribution in [-0.2, 0) is 4.79 Å². The van der Waals surface area contributed by atoms with Crippen LogP contribution in [0.2, 0.25) is 0 Å². The Morgan fingerprint density at radius 2 is 2.19 bits per heavy atom. The lowest BCUT2D eigenvalue weighted by molar-refractivity contribution is -0.132. The Labute approximate surface area is 92.0 Å². The molecule has 0 bridgehead atoms. The van der Waals surface area contributed by atoms with Gasteiger partial charge in [-0.15, -0.1) is 0 Å². The molecule has 3 N–H and O–H groups in total. The Kier molecular flexibility index (Phi) is 2.55. The largest absolute Gasteiger partial charge is 0.477 e. The Morgan fingerprint density at radius 1 is 1.38 bits per heavy atom. The van der Waals surface area contributed by atoms with Gasteiger partial charge in [-0.1, -0.05) is 18.2 Å². The highest BCUT2D eigenvalue weighted by Crippen LogP contribution is 2.19. The number of carboxylic acids is 1. The predicted octanol–water partition coefficient (Wildman–Crippen LogP) is 1.62. The number of hydrogen-bond donors (Lipinski definition) is 2. The molecule has 2 rings (SSSR count). The van der Waals surface area contributed by atoms with E-state index in [4.69, 9.17) is 10.8 Å². The van der Waals surface area contributed by atoms with E-state index in [0.717, 1.165) is 16.3 Å². The number of nitrogens with zero attached hydrogens (tertiary/aromatic N) is 1. The predicted molar refractivity (Wildman–Crippen MR) is 61.5 cm³/mol. The van der Waals surface area contributed by atoms with Crippen LogP contribution in [0.4, 0.5) is 0 Å². The number of aliphatic carboxylic acids is 1. The smallest absolute Gasteiger partial charge is 0.351 e. The second kappa shape index (κ2) is 4.02. The molecule has 80 valence electrons. The number of aromatic nitrogens is 1. The van der Waals surface area contributed by atoms with Crippen LogP contribution in [0.5, 0.6) is 0 Å². The molecule has 1 aromatic heterocycles. The van der Waals surface area contributed by atoms with E-state index in [1.807, 2.05) is 18.2 Å². The van der Waals surface area contributed by atoms with Gasteiger partial charge in [0.2, 0.25) is 0 Å². The highest BCUT2D eigenvalue weighted by molar-refractivity contribution is 5.96. The van der Waals surface area contributed by atoms with Gasteiger partial charge in [-0.05, 0) is 23.1 Å². The lowest BCUT2D eigenvalue weighted by atomic mass is 10.1. The van der Waals surface area contributed by atoms with Gasteiger partial charge in [-0.25, -0.2) is 4.79 Å². The van der Waals surface area contributed by atoms with Gasteiger partial charge in [0.25, 0.3) is 0 Å². The highest BCUT2D eigenvalue weighted by atomic mass is 16.4. The Hall–Kier alpha value is -2.36. The van der Waals surface area contributed by atoms with Crippen molar-refractivity contribution in [3.63, 3.8) is 0 Å². The molecule has 0 aliphatic heterocycles. The molecule has 4 heteroatoms. The highest BCUT2D eigenvalue weighted by Gasteiger charge is 2.03. The van der Waals surface area contributed by atoms with E-state index in [-0.39, 0.29) is 5.70 Å². The van der Waals surface area contributed by atoms with Crippen LogP contribution < -0.4 is 5.73 Å². The average Bonchev–Trinajstić information content (AvgIpc) is 2.29. The summed E-state index contributed by atoms with van der Waals surface area (Å²) in [6.45, 7) is 0. The molecular formula is C12H10N2O2. The summed E-state index contributed by atoms with van der Waals surface area (Å²) in [4.78, 5) is 14.6. The molecule has 0 saturated carbocycles. The summed E-state index contributed by atoms with van der Waals surface area (Å²) in [7, 11) is 0. The number of benzene rings is 1. The molecule has 4 nitrogen and oxygen atoms in total. The third kappa shape index (κ3) is 1.86. The molecule has 0 aliphatic rings. The Bertz CT molecular complexity index is 571. The number of carboxylic acid groups (broad SMARTS) is 1. The molecule has 0 amide bonds. The minimum absolute atomic E-state index is 0.184. The van der Waals surface area contributed by atoms with Gasteiger partial charge in [-0.3, -0.25) is 4.98 Å². The van der Waals surface area contributed by atoms with Crippen molar-refractivity contribution in [1.29, 1.82) is 0 Å². The fourth-order valence-electron chi connectivity index (χ4n) is 1.49. The van der Waals surface area contributed by atoms with E-state index in [0.29, 0.717) is 0 Å². The molecule has 2 aromatic rings. The maximum atomic E-state index is 10.6. The van der Waals surface area contributed by atoms with Gasteiger partial charge < -0.3 is 10.8 Å². The van der Waals surface area contributed by atoms with Crippen molar-refractivity contribution in [2.24, 2.45) is 5.73 Å². The molecule has 1 aromatic carbocycles. The standard InChI is InChI=1S/C12H10N2O2/c13-11(12(15)16)6-9-3-1-2-8-4-5-14-7-10(8)9/h1-7H,13H2,(H,15,16)/b11-6+. The van der Waals surface area contributed by atoms with Gasteiger partial charge in [0, 0.05) is 17.8 Å². The lowest BCUT2D eigenvalue weighted by Gasteiger charge is -2.01. The monoisotopic (exact) mass is 214 g/mol. The summed E-state index contributed by atoms with van der Waals surface area (Å²) in [5, 5.41) is 10.6. The summed E-state index contributed by atoms with van der Waals surface area (Å²) in [6, 6.07) is 7.46. The number of fused-ring (bicyclic) bond motifs is 1. The summed E-state index contributed by atoms with van der Waals surface area (Å²) in [6.07, 6.45) is 4.82. The van der Waals surface area contributed by atoms with Gasteiger partial charge in [0.15, 0.2) is 0 Å². The first-order valence-corrected chi connectivity index (χ1v) is 4.71. The fraction of sp³-hybridized carbons (Fsp3) is 0. The summed E-state index contributed by atoms with van der Waals surface area (Å²) in [5.74, 6) is -1.12. The van der Waals surface area contributed by atoms with E-state index in [1.54, 1.807) is 18.5 Å². The van der Waals surface area contributed by atoms with E-state index in [2.05, 4.69) is 4.98 Å². The van der Waals surface area contributed by atoms with Gasteiger partial charge in [0.1, 0.15) is 5.70 Å². The quantitative estimate of drug-likeness (QED) is 0.745. The summed E-state index contributed by atoms with van der Waals surface area (Å²) in [5.41, 5.74) is 5.95. The van der Waals surface area contributed by atoms with Crippen molar-refractivity contribution in [1.82, 2.24) is 4.98 Å². The minimum atomic E-state index is -1.12. The number of pyridine rings is 1.